The van der Waals surface area contributed by atoms with Gasteiger partial charge in [-0.25, -0.2) is 4.79 Å². The van der Waals surface area contributed by atoms with Crippen molar-refractivity contribution in [3.05, 3.63) is 83.4 Å². The number of methoxy groups -OCH3 is 1. The lowest BCUT2D eigenvalue weighted by Gasteiger charge is -2.17. The summed E-state index contributed by atoms with van der Waals surface area (Å²) in [6.07, 6.45) is -1.04. The molecule has 0 aliphatic heterocycles. The number of ether oxygens (including phenoxy) is 2. The van der Waals surface area contributed by atoms with Crippen LogP contribution in [0.25, 0.3) is 11.1 Å². The summed E-state index contributed by atoms with van der Waals surface area (Å²) < 4.78 is 10.7. The number of nitrogens with one attached hydrogen (secondary N) is 1. The van der Waals surface area contributed by atoms with E-state index in [2.05, 4.69) is 11.4 Å². The van der Waals surface area contributed by atoms with Crippen molar-refractivity contribution in [3.63, 3.8) is 0 Å². The van der Waals surface area contributed by atoms with Crippen LogP contribution in [0.4, 0.5) is 5.69 Å². The van der Waals surface area contributed by atoms with E-state index in [1.54, 1.807) is 60.7 Å². The van der Waals surface area contributed by atoms with Gasteiger partial charge in [0.25, 0.3) is 5.91 Å². The zero-order chi connectivity index (χ0) is 22.4. The van der Waals surface area contributed by atoms with E-state index in [9.17, 15) is 14.9 Å². The van der Waals surface area contributed by atoms with Gasteiger partial charge in [0.2, 0.25) is 0 Å². The highest BCUT2D eigenvalue weighted by Crippen LogP contribution is 2.28. The highest BCUT2D eigenvalue weighted by Gasteiger charge is 2.22. The normalized spacial score (nSPS) is 11.2. The molecule has 31 heavy (non-hydrogen) atoms. The maximum Gasteiger partial charge on any atom is 0.339 e. The molecule has 3 aromatic carbocycles. The van der Waals surface area contributed by atoms with Crippen LogP contribution in [-0.4, -0.2) is 25.1 Å². The number of nitrogens with zero attached hydrogens (tertiary/aromatic N) is 1. The fourth-order valence-corrected chi connectivity index (χ4v) is 3.14. The number of hydrogen-bond acceptors (Lipinski definition) is 5. The van der Waals surface area contributed by atoms with Crippen molar-refractivity contribution in [1.82, 2.24) is 0 Å². The van der Waals surface area contributed by atoms with Gasteiger partial charge in [-0.3, -0.25) is 4.79 Å². The van der Waals surface area contributed by atoms with E-state index in [-0.39, 0.29) is 5.56 Å². The Labute approximate surface area is 181 Å². The van der Waals surface area contributed by atoms with Gasteiger partial charge in [0.15, 0.2) is 6.10 Å². The van der Waals surface area contributed by atoms with Crippen LogP contribution in [0.15, 0.2) is 66.7 Å². The van der Waals surface area contributed by atoms with Crippen molar-refractivity contribution in [1.29, 1.82) is 5.26 Å². The molecular weight excluding hydrogens is 392 g/mol. The van der Waals surface area contributed by atoms with Crippen LogP contribution in [-0.2, 0) is 9.53 Å². The second-order valence-corrected chi connectivity index (χ2v) is 6.94. The standard InChI is InChI=1S/C25H22N2O4/c1-16-12-13-23(30-3)22(14-16)27-24(28)17(2)31-25(29)21-11-7-6-10-20(21)19-9-5-4-8-18(19)15-26/h4-14,17H,1-3H3,(H,27,28)/t17-/m0/s1. The molecule has 0 aliphatic rings. The fraction of sp³-hybridized carbons (Fsp3) is 0.160. The van der Waals surface area contributed by atoms with Gasteiger partial charge in [-0.2, -0.15) is 5.26 Å². The Morgan fingerprint density at radius 1 is 1.00 bits per heavy atom. The van der Waals surface area contributed by atoms with Crippen molar-refractivity contribution in [2.45, 2.75) is 20.0 Å². The molecule has 3 aromatic rings. The van der Waals surface area contributed by atoms with Crippen LogP contribution >= 0.6 is 0 Å². The Bertz CT molecular complexity index is 1160. The number of nitriles is 1. The summed E-state index contributed by atoms with van der Waals surface area (Å²) in [5.74, 6) is -0.620. The topological polar surface area (TPSA) is 88.4 Å². The SMILES string of the molecule is COc1ccc(C)cc1NC(=O)[C@H](C)OC(=O)c1ccccc1-c1ccccc1C#N. The fourth-order valence-electron chi connectivity index (χ4n) is 3.14. The molecule has 0 saturated heterocycles. The second kappa shape index (κ2) is 9.59. The summed E-state index contributed by atoms with van der Waals surface area (Å²) >= 11 is 0. The number of anilines is 1. The molecule has 3 rings (SSSR count). The van der Waals surface area contributed by atoms with Gasteiger partial charge in [-0.15, -0.1) is 0 Å². The van der Waals surface area contributed by atoms with Gasteiger partial charge in [0.1, 0.15) is 5.75 Å². The molecule has 0 unspecified atom stereocenters. The van der Waals surface area contributed by atoms with Gasteiger partial charge in [0.05, 0.1) is 30.0 Å². The Morgan fingerprint density at radius 2 is 1.68 bits per heavy atom. The summed E-state index contributed by atoms with van der Waals surface area (Å²) in [5.41, 5.74) is 3.36. The lowest BCUT2D eigenvalue weighted by molar-refractivity contribution is -0.123. The van der Waals surface area contributed by atoms with Gasteiger partial charge in [-0.05, 0) is 49.2 Å². The number of carbonyl (C=O) groups is 2. The molecule has 0 fully saturated rings. The van der Waals surface area contributed by atoms with Gasteiger partial charge >= 0.3 is 5.97 Å². The first-order valence-corrected chi connectivity index (χ1v) is 9.69. The van der Waals surface area contributed by atoms with Crippen LogP contribution in [0, 0.1) is 18.3 Å². The lowest BCUT2D eigenvalue weighted by Crippen LogP contribution is -2.30. The minimum Gasteiger partial charge on any atom is -0.495 e. The molecular formula is C25H22N2O4. The molecule has 156 valence electrons. The second-order valence-electron chi connectivity index (χ2n) is 6.94. The van der Waals surface area contributed by atoms with Crippen molar-refractivity contribution < 1.29 is 19.1 Å². The number of carbonyl (C=O) groups excluding carboxylic acids is 2. The smallest absolute Gasteiger partial charge is 0.339 e. The van der Waals surface area contributed by atoms with Crippen molar-refractivity contribution in [2.24, 2.45) is 0 Å². The number of amides is 1. The Kier molecular flexibility index (Phi) is 6.68. The summed E-state index contributed by atoms with van der Waals surface area (Å²) in [6.45, 7) is 3.40. The first kappa shape index (κ1) is 21.6. The molecule has 0 spiro atoms. The van der Waals surface area contributed by atoms with Gasteiger partial charge in [0, 0.05) is 5.56 Å². The quantitative estimate of drug-likeness (QED) is 0.589. The van der Waals surface area contributed by atoms with E-state index >= 15 is 0 Å². The zero-order valence-electron chi connectivity index (χ0n) is 17.5. The predicted octanol–water partition coefficient (Wildman–Crippen LogP) is 4.73. The Morgan fingerprint density at radius 3 is 2.39 bits per heavy atom. The van der Waals surface area contributed by atoms with Crippen LogP contribution in [0.2, 0.25) is 0 Å². The van der Waals surface area contributed by atoms with E-state index in [1.807, 2.05) is 13.0 Å². The summed E-state index contributed by atoms with van der Waals surface area (Å²) in [4.78, 5) is 25.5. The number of aryl methyl sites for hydroxylation is 1. The van der Waals surface area contributed by atoms with E-state index in [1.165, 1.54) is 14.0 Å². The molecule has 1 N–H and O–H groups in total. The van der Waals surface area contributed by atoms with Crippen molar-refractivity contribution in [3.8, 4) is 22.9 Å². The molecule has 0 heterocycles. The Hall–Kier alpha value is -4.11. The molecule has 1 atom stereocenters. The molecule has 0 bridgehead atoms. The van der Waals surface area contributed by atoms with Crippen molar-refractivity contribution >= 4 is 17.6 Å². The van der Waals surface area contributed by atoms with E-state index in [4.69, 9.17) is 9.47 Å². The maximum absolute atomic E-state index is 12.9. The molecule has 0 aromatic heterocycles. The van der Waals surface area contributed by atoms with Gasteiger partial charge in [-0.1, -0.05) is 42.5 Å². The third-order valence-electron chi connectivity index (χ3n) is 4.75. The molecule has 0 radical (unpaired) electrons. The first-order valence-electron chi connectivity index (χ1n) is 9.69. The van der Waals surface area contributed by atoms with Crippen LogP contribution in [0.5, 0.6) is 5.75 Å². The molecule has 0 saturated carbocycles. The number of hydrogen-bond donors (Lipinski definition) is 1. The van der Waals surface area contributed by atoms with E-state index in [0.717, 1.165) is 5.56 Å². The maximum atomic E-state index is 12.9. The van der Waals surface area contributed by atoms with Crippen LogP contribution in [0.1, 0.15) is 28.4 Å². The first-order chi connectivity index (χ1) is 14.9. The minimum absolute atomic E-state index is 0.276. The number of benzene rings is 3. The van der Waals surface area contributed by atoms with Crippen molar-refractivity contribution in [2.75, 3.05) is 12.4 Å². The highest BCUT2D eigenvalue weighted by atomic mass is 16.5. The minimum atomic E-state index is -1.04. The Balaban J connectivity index is 1.80. The number of rotatable bonds is 6. The molecule has 6 nitrogen and oxygen atoms in total. The lowest BCUT2D eigenvalue weighted by atomic mass is 9.96. The molecule has 1 amide bonds. The monoisotopic (exact) mass is 414 g/mol. The van der Waals surface area contributed by atoms with Crippen LogP contribution < -0.4 is 10.1 Å². The third-order valence-corrected chi connectivity index (χ3v) is 4.75. The largest absolute Gasteiger partial charge is 0.495 e. The summed E-state index contributed by atoms with van der Waals surface area (Å²) in [6, 6.07) is 21.4. The third kappa shape index (κ3) is 4.90. The molecule has 0 aliphatic carbocycles. The van der Waals surface area contributed by atoms with Crippen LogP contribution in [0.3, 0.4) is 0 Å². The summed E-state index contributed by atoms with van der Waals surface area (Å²) in [5, 5.41) is 12.1. The average molecular weight is 414 g/mol. The summed E-state index contributed by atoms with van der Waals surface area (Å²) in [7, 11) is 1.51. The van der Waals surface area contributed by atoms with E-state index < -0.39 is 18.0 Å². The average Bonchev–Trinajstić information content (AvgIpc) is 2.79. The van der Waals surface area contributed by atoms with E-state index in [0.29, 0.717) is 28.1 Å². The predicted molar refractivity (Wildman–Crippen MR) is 118 cm³/mol. The molecule has 6 heteroatoms. The highest BCUT2D eigenvalue weighted by molar-refractivity contribution is 6.01. The van der Waals surface area contributed by atoms with Gasteiger partial charge < -0.3 is 14.8 Å². The number of esters is 1. The zero-order valence-corrected chi connectivity index (χ0v) is 17.5.